The fourth-order valence-corrected chi connectivity index (χ4v) is 7.09. The predicted molar refractivity (Wildman–Crippen MR) is 161 cm³/mol. The Morgan fingerprint density at radius 2 is 1.79 bits per heavy atom. The van der Waals surface area contributed by atoms with Crippen molar-refractivity contribution < 1.29 is 36.3 Å². The Morgan fingerprint density at radius 3 is 2.40 bits per heavy atom. The number of rotatable bonds is 7. The number of urea groups is 1. The average Bonchev–Trinajstić information content (AvgIpc) is 3.46. The summed E-state index contributed by atoms with van der Waals surface area (Å²) < 4.78 is 70.1. The summed E-state index contributed by atoms with van der Waals surface area (Å²) in [5, 5.41) is 12.0. The van der Waals surface area contributed by atoms with Gasteiger partial charge in [-0.3, -0.25) is 14.3 Å². The Kier molecular flexibility index (Phi) is 7.69. The molecule has 2 aromatic heterocycles. The van der Waals surface area contributed by atoms with Crippen LogP contribution in [0.1, 0.15) is 58.4 Å². The average molecular weight is 696 g/mol. The number of fused-ring (bicyclic) bond motifs is 1. The Morgan fingerprint density at radius 1 is 1.08 bits per heavy atom. The number of nitrogens with two attached hydrogens (primary N) is 1. The standard InChI is InChI=1S/C30H31ClF5N9O3/c1-43-21(17-12-45(22-8-29(22,32)33)42-24(17)30(34,35)36)9-38-25(43)27(47)39-13-5-6-14(18(31)7-13)26(46)41-23-15-10-44(11-16(15)23)28(48)40-20-4-2-3-19(20)37/h5-7,9,12,15-16,19-20,22-23H,2-4,8,10-11,37H2,1H3,(H,39,47)(H,40,48)(H,41,46)/t15-,16+,19-,20+,22?,23?/m0/s1. The molecule has 7 rings (SSSR count). The molecule has 0 spiro atoms. The van der Waals surface area contributed by atoms with Gasteiger partial charge in [0.25, 0.3) is 17.7 Å². The molecule has 5 N–H and O–H groups in total. The lowest BCUT2D eigenvalue weighted by Crippen LogP contribution is -2.50. The van der Waals surface area contributed by atoms with Gasteiger partial charge in [0.15, 0.2) is 11.5 Å². The summed E-state index contributed by atoms with van der Waals surface area (Å²) >= 11 is 6.39. The van der Waals surface area contributed by atoms with E-state index in [2.05, 4.69) is 26.0 Å². The topological polar surface area (TPSA) is 152 Å². The molecule has 1 aliphatic heterocycles. The van der Waals surface area contributed by atoms with Crippen LogP contribution in [0.2, 0.25) is 5.02 Å². The number of hydrogen-bond donors (Lipinski definition) is 4. The third kappa shape index (κ3) is 5.86. The molecule has 0 bridgehead atoms. The van der Waals surface area contributed by atoms with Gasteiger partial charge >= 0.3 is 12.2 Å². The quantitative estimate of drug-likeness (QED) is 0.274. The van der Waals surface area contributed by atoms with E-state index in [1.165, 1.54) is 25.2 Å². The number of imidazole rings is 1. The van der Waals surface area contributed by atoms with Crippen LogP contribution in [0.15, 0.2) is 30.6 Å². The molecule has 1 saturated heterocycles. The van der Waals surface area contributed by atoms with E-state index in [9.17, 15) is 36.3 Å². The van der Waals surface area contributed by atoms with Crippen LogP contribution in [-0.4, -0.2) is 79.2 Å². The van der Waals surface area contributed by atoms with Crippen molar-refractivity contribution in [3.05, 3.63) is 52.7 Å². The number of nitrogens with zero attached hydrogens (tertiary/aromatic N) is 5. The number of halogens is 6. The Balaban J connectivity index is 0.967. The fourth-order valence-electron chi connectivity index (χ4n) is 6.82. The van der Waals surface area contributed by atoms with Crippen molar-refractivity contribution in [3.8, 4) is 11.3 Å². The Hall–Kier alpha value is -4.25. The molecule has 3 saturated carbocycles. The molecular formula is C30H31ClF5N9O3. The molecule has 18 heteroatoms. The molecule has 3 heterocycles. The zero-order chi connectivity index (χ0) is 34.3. The van der Waals surface area contributed by atoms with Crippen molar-refractivity contribution in [3.63, 3.8) is 0 Å². The molecule has 12 nitrogen and oxygen atoms in total. The number of carbonyl (C=O) groups is 3. The monoisotopic (exact) mass is 695 g/mol. The van der Waals surface area contributed by atoms with E-state index >= 15 is 0 Å². The molecule has 0 radical (unpaired) electrons. The maximum Gasteiger partial charge on any atom is 0.435 e. The molecule has 3 aromatic rings. The minimum absolute atomic E-state index is 0.0179. The molecule has 4 aliphatic rings. The number of anilines is 1. The largest absolute Gasteiger partial charge is 0.435 e. The van der Waals surface area contributed by atoms with Crippen LogP contribution in [0.25, 0.3) is 11.3 Å². The lowest BCUT2D eigenvalue weighted by atomic mass is 10.2. The smallest absolute Gasteiger partial charge is 0.349 e. The second-order valence-electron chi connectivity index (χ2n) is 12.9. The Bertz CT molecular complexity index is 1800. The number of aromatic nitrogens is 4. The number of nitrogens with one attached hydrogen (secondary N) is 3. The van der Waals surface area contributed by atoms with Crippen LogP contribution < -0.4 is 21.7 Å². The lowest BCUT2D eigenvalue weighted by molar-refractivity contribution is -0.141. The Labute approximate surface area is 275 Å². The summed E-state index contributed by atoms with van der Waals surface area (Å²) in [7, 11) is 1.31. The number of likely N-dealkylation sites (tertiary alicyclic amines) is 1. The highest BCUT2D eigenvalue weighted by atomic mass is 35.5. The third-order valence-electron chi connectivity index (χ3n) is 9.71. The second kappa shape index (κ2) is 11.4. The van der Waals surface area contributed by atoms with Crippen LogP contribution in [-0.2, 0) is 13.2 Å². The van der Waals surface area contributed by atoms with E-state index < -0.39 is 47.6 Å². The van der Waals surface area contributed by atoms with E-state index in [-0.39, 0.29) is 63.8 Å². The number of hydrogen-bond acceptors (Lipinski definition) is 6. The normalized spacial score (nSPS) is 27.0. The number of alkyl halides is 5. The molecule has 4 amide bonds. The summed E-state index contributed by atoms with van der Waals surface area (Å²) in [4.78, 5) is 44.4. The molecule has 3 aliphatic carbocycles. The van der Waals surface area contributed by atoms with Gasteiger partial charge in [0.1, 0.15) is 6.04 Å². The van der Waals surface area contributed by atoms with Gasteiger partial charge in [-0.05, 0) is 37.5 Å². The van der Waals surface area contributed by atoms with Crippen LogP contribution in [0.4, 0.5) is 32.4 Å². The van der Waals surface area contributed by atoms with Gasteiger partial charge < -0.3 is 31.2 Å². The number of piperidine rings is 1. The number of carbonyl (C=O) groups excluding carboxylic acids is 3. The number of amides is 4. The van der Waals surface area contributed by atoms with Crippen molar-refractivity contribution in [2.45, 2.75) is 61.9 Å². The first-order valence-electron chi connectivity index (χ1n) is 15.4. The maximum absolute atomic E-state index is 13.8. The minimum atomic E-state index is -4.94. The van der Waals surface area contributed by atoms with E-state index in [0.717, 1.165) is 36.2 Å². The second-order valence-corrected chi connectivity index (χ2v) is 13.3. The van der Waals surface area contributed by atoms with Crippen LogP contribution in [0.5, 0.6) is 0 Å². The maximum atomic E-state index is 13.8. The highest BCUT2D eigenvalue weighted by Gasteiger charge is 2.60. The number of benzene rings is 1. The minimum Gasteiger partial charge on any atom is -0.349 e. The van der Waals surface area contributed by atoms with Crippen LogP contribution >= 0.6 is 11.6 Å². The van der Waals surface area contributed by atoms with Crippen LogP contribution in [0, 0.1) is 11.8 Å². The molecule has 48 heavy (non-hydrogen) atoms. The van der Waals surface area contributed by atoms with Gasteiger partial charge in [-0.1, -0.05) is 11.6 Å². The fraction of sp³-hybridized carbons (Fsp3) is 0.500. The van der Waals surface area contributed by atoms with Crippen molar-refractivity contribution >= 4 is 35.1 Å². The predicted octanol–water partition coefficient (Wildman–Crippen LogP) is 4.04. The van der Waals surface area contributed by atoms with Gasteiger partial charge in [0.05, 0.1) is 28.0 Å². The molecule has 6 atom stereocenters. The van der Waals surface area contributed by atoms with Gasteiger partial charge in [0.2, 0.25) is 0 Å². The van der Waals surface area contributed by atoms with Crippen molar-refractivity contribution in [1.82, 2.24) is 34.9 Å². The first-order valence-corrected chi connectivity index (χ1v) is 15.8. The molecule has 4 fully saturated rings. The first kappa shape index (κ1) is 32.3. The highest BCUT2D eigenvalue weighted by molar-refractivity contribution is 6.34. The van der Waals surface area contributed by atoms with E-state index in [0.29, 0.717) is 17.8 Å². The SMILES string of the molecule is Cn1c(-c2cn(C3CC3(F)F)nc2C(F)(F)F)cnc1C(=O)Nc1ccc(C(=O)NC2[C@H]3CN(C(=O)N[C@@H]4CCC[C@@H]4N)C[C@@H]23)c(Cl)c1. The summed E-state index contributed by atoms with van der Waals surface area (Å²) in [6.45, 7) is 1.04. The van der Waals surface area contributed by atoms with Gasteiger partial charge in [-0.25, -0.2) is 18.6 Å². The zero-order valence-electron chi connectivity index (χ0n) is 25.4. The lowest BCUT2D eigenvalue weighted by Gasteiger charge is -2.25. The van der Waals surface area contributed by atoms with Gasteiger partial charge in [-0.15, -0.1) is 0 Å². The van der Waals surface area contributed by atoms with Crippen molar-refractivity contribution in [2.75, 3.05) is 18.4 Å². The van der Waals surface area contributed by atoms with E-state index in [1.54, 1.807) is 4.90 Å². The summed E-state index contributed by atoms with van der Waals surface area (Å²) in [6, 6.07) is 2.45. The molecular weight excluding hydrogens is 665 g/mol. The molecule has 256 valence electrons. The van der Waals surface area contributed by atoms with Crippen molar-refractivity contribution in [1.29, 1.82) is 0 Å². The van der Waals surface area contributed by atoms with Crippen LogP contribution in [0.3, 0.4) is 0 Å². The first-order chi connectivity index (χ1) is 22.6. The zero-order valence-corrected chi connectivity index (χ0v) is 26.2. The third-order valence-corrected chi connectivity index (χ3v) is 10.0. The summed E-state index contributed by atoms with van der Waals surface area (Å²) in [6.07, 6.45) is -0.904. The molecule has 2 unspecified atom stereocenters. The summed E-state index contributed by atoms with van der Waals surface area (Å²) in [5.74, 6) is -4.36. The van der Waals surface area contributed by atoms with E-state index in [4.69, 9.17) is 17.3 Å². The van der Waals surface area contributed by atoms with E-state index in [1.807, 2.05) is 0 Å². The molecule has 1 aromatic carbocycles. The highest BCUT2D eigenvalue weighted by Crippen LogP contribution is 2.53. The summed E-state index contributed by atoms with van der Waals surface area (Å²) in [5.41, 5.74) is 4.39. The van der Waals surface area contributed by atoms with Gasteiger partial charge in [-0.2, -0.15) is 18.3 Å². The van der Waals surface area contributed by atoms with Crippen molar-refractivity contribution in [2.24, 2.45) is 24.6 Å². The van der Waals surface area contributed by atoms with Gasteiger partial charge in [0, 0.05) is 68.4 Å².